The molecule has 0 saturated heterocycles. The van der Waals surface area contributed by atoms with Crippen LogP contribution in [0.2, 0.25) is 0 Å². The van der Waals surface area contributed by atoms with Gasteiger partial charge >= 0.3 is 6.18 Å². The normalized spacial score (nSPS) is 15.3. The molecule has 0 unspecified atom stereocenters. The first kappa shape index (κ1) is 13.2. The fraction of sp³-hybridized carbons (Fsp3) is 0.500. The van der Waals surface area contributed by atoms with E-state index in [0.29, 0.717) is 37.4 Å². The van der Waals surface area contributed by atoms with Crippen molar-refractivity contribution >= 4 is 0 Å². The lowest BCUT2D eigenvalue weighted by Crippen LogP contribution is -2.26. The summed E-state index contributed by atoms with van der Waals surface area (Å²) in [5.74, 6) is -0.807. The SMILES string of the molecule is FC(F)(F)c1nc2c(n1CCn1cccn1)CCNC2. The molecule has 0 fully saturated rings. The van der Waals surface area contributed by atoms with Crippen molar-refractivity contribution in [1.29, 1.82) is 0 Å². The molecule has 108 valence electrons. The van der Waals surface area contributed by atoms with Gasteiger partial charge in [0.25, 0.3) is 0 Å². The molecule has 1 aliphatic rings. The molecule has 0 spiro atoms. The Labute approximate surface area is 113 Å². The Hall–Kier alpha value is -1.83. The molecule has 1 N–H and O–H groups in total. The zero-order valence-electron chi connectivity index (χ0n) is 10.7. The average Bonchev–Trinajstić information content (AvgIpc) is 3.03. The molecule has 2 aromatic rings. The fourth-order valence-corrected chi connectivity index (χ4v) is 2.46. The van der Waals surface area contributed by atoms with E-state index in [4.69, 9.17) is 0 Å². The van der Waals surface area contributed by atoms with Crippen LogP contribution in [0.4, 0.5) is 13.2 Å². The third-order valence-electron chi connectivity index (χ3n) is 3.35. The Bertz CT molecular complexity index is 585. The summed E-state index contributed by atoms with van der Waals surface area (Å²) in [6.07, 6.45) is -0.519. The molecule has 3 rings (SSSR count). The number of alkyl halides is 3. The van der Waals surface area contributed by atoms with E-state index in [9.17, 15) is 13.2 Å². The van der Waals surface area contributed by atoms with Crippen molar-refractivity contribution in [2.24, 2.45) is 0 Å². The van der Waals surface area contributed by atoms with Gasteiger partial charge in [0.05, 0.1) is 12.2 Å². The van der Waals surface area contributed by atoms with Crippen LogP contribution in [-0.2, 0) is 32.2 Å². The zero-order valence-corrected chi connectivity index (χ0v) is 10.7. The molecule has 0 aromatic carbocycles. The first-order valence-electron chi connectivity index (χ1n) is 6.39. The van der Waals surface area contributed by atoms with E-state index in [1.54, 1.807) is 23.1 Å². The van der Waals surface area contributed by atoms with Gasteiger partial charge in [0, 0.05) is 44.1 Å². The van der Waals surface area contributed by atoms with Gasteiger partial charge in [0.1, 0.15) is 0 Å². The van der Waals surface area contributed by atoms with Crippen LogP contribution >= 0.6 is 0 Å². The summed E-state index contributed by atoms with van der Waals surface area (Å²) in [5, 5.41) is 7.05. The second-order valence-electron chi connectivity index (χ2n) is 4.67. The summed E-state index contributed by atoms with van der Waals surface area (Å²) in [5.41, 5.74) is 1.19. The van der Waals surface area contributed by atoms with Crippen molar-refractivity contribution in [3.05, 3.63) is 35.7 Å². The molecule has 3 heterocycles. The molecule has 20 heavy (non-hydrogen) atoms. The van der Waals surface area contributed by atoms with Gasteiger partial charge in [-0.3, -0.25) is 4.68 Å². The number of imidazole rings is 1. The topological polar surface area (TPSA) is 47.7 Å². The number of nitrogens with zero attached hydrogens (tertiary/aromatic N) is 4. The van der Waals surface area contributed by atoms with Crippen LogP contribution in [0, 0.1) is 0 Å². The molecule has 0 saturated carbocycles. The smallest absolute Gasteiger partial charge is 0.322 e. The summed E-state index contributed by atoms with van der Waals surface area (Å²) >= 11 is 0. The lowest BCUT2D eigenvalue weighted by Gasteiger charge is -2.16. The van der Waals surface area contributed by atoms with Crippen LogP contribution in [0.1, 0.15) is 17.2 Å². The number of fused-ring (bicyclic) bond motifs is 1. The van der Waals surface area contributed by atoms with Crippen molar-refractivity contribution in [1.82, 2.24) is 24.6 Å². The Kier molecular flexibility index (Phi) is 3.25. The molecule has 0 aliphatic carbocycles. The number of aryl methyl sites for hydroxylation is 1. The summed E-state index contributed by atoms with van der Waals surface area (Å²) in [6.45, 7) is 1.69. The molecule has 0 atom stereocenters. The highest BCUT2D eigenvalue weighted by Crippen LogP contribution is 2.31. The highest BCUT2D eigenvalue weighted by Gasteiger charge is 2.39. The van der Waals surface area contributed by atoms with Crippen molar-refractivity contribution in [3.63, 3.8) is 0 Å². The van der Waals surface area contributed by atoms with Crippen molar-refractivity contribution in [3.8, 4) is 0 Å². The molecular formula is C12H14F3N5. The monoisotopic (exact) mass is 285 g/mol. The van der Waals surface area contributed by atoms with E-state index >= 15 is 0 Å². The van der Waals surface area contributed by atoms with E-state index in [-0.39, 0.29) is 6.54 Å². The summed E-state index contributed by atoms with van der Waals surface area (Å²) in [7, 11) is 0. The maximum atomic E-state index is 13.1. The molecule has 8 heteroatoms. The molecule has 0 bridgehead atoms. The number of hydrogen-bond donors (Lipinski definition) is 1. The zero-order chi connectivity index (χ0) is 14.2. The van der Waals surface area contributed by atoms with Gasteiger partial charge in [-0.15, -0.1) is 0 Å². The average molecular weight is 285 g/mol. The van der Waals surface area contributed by atoms with Crippen LogP contribution < -0.4 is 5.32 Å². The number of aromatic nitrogens is 4. The fourth-order valence-electron chi connectivity index (χ4n) is 2.46. The van der Waals surface area contributed by atoms with Gasteiger partial charge in [0.2, 0.25) is 5.82 Å². The lowest BCUT2D eigenvalue weighted by molar-refractivity contribution is -0.147. The molecule has 0 amide bonds. The van der Waals surface area contributed by atoms with E-state index in [0.717, 1.165) is 0 Å². The molecule has 1 aliphatic heterocycles. The third-order valence-corrected chi connectivity index (χ3v) is 3.35. The summed E-state index contributed by atoms with van der Waals surface area (Å²) < 4.78 is 42.1. The largest absolute Gasteiger partial charge is 0.449 e. The van der Waals surface area contributed by atoms with E-state index in [1.807, 2.05) is 0 Å². The summed E-state index contributed by atoms with van der Waals surface area (Å²) in [6, 6.07) is 1.75. The predicted octanol–water partition coefficient (Wildman–Crippen LogP) is 1.44. The Morgan fingerprint density at radius 3 is 2.85 bits per heavy atom. The molecular weight excluding hydrogens is 271 g/mol. The number of rotatable bonds is 3. The highest BCUT2D eigenvalue weighted by atomic mass is 19.4. The van der Waals surface area contributed by atoms with Crippen LogP contribution in [0.3, 0.4) is 0 Å². The van der Waals surface area contributed by atoms with Crippen LogP contribution in [0.25, 0.3) is 0 Å². The minimum absolute atomic E-state index is 0.221. The second kappa shape index (κ2) is 4.93. The lowest BCUT2D eigenvalue weighted by atomic mass is 10.2. The van der Waals surface area contributed by atoms with Crippen molar-refractivity contribution in [2.75, 3.05) is 6.54 Å². The maximum absolute atomic E-state index is 13.1. The first-order valence-corrected chi connectivity index (χ1v) is 6.39. The minimum Gasteiger partial charge on any atom is -0.322 e. The Morgan fingerprint density at radius 2 is 2.15 bits per heavy atom. The number of hydrogen-bond acceptors (Lipinski definition) is 3. The number of nitrogens with one attached hydrogen (secondary N) is 1. The molecule has 2 aromatic heterocycles. The standard InChI is InChI=1S/C12H14F3N5/c13-12(14,15)11-18-9-8-16-4-2-10(9)20(11)7-6-19-5-1-3-17-19/h1,3,5,16H,2,4,6-8H2. The number of halogens is 3. The van der Waals surface area contributed by atoms with Crippen molar-refractivity contribution < 1.29 is 13.2 Å². The van der Waals surface area contributed by atoms with E-state index < -0.39 is 12.0 Å². The van der Waals surface area contributed by atoms with Gasteiger partial charge < -0.3 is 9.88 Å². The Morgan fingerprint density at radius 1 is 1.30 bits per heavy atom. The molecule has 5 nitrogen and oxygen atoms in total. The van der Waals surface area contributed by atoms with Gasteiger partial charge in [0.15, 0.2) is 0 Å². The van der Waals surface area contributed by atoms with Crippen LogP contribution in [0.5, 0.6) is 0 Å². The van der Waals surface area contributed by atoms with Crippen LogP contribution in [0.15, 0.2) is 18.5 Å². The first-order chi connectivity index (χ1) is 9.55. The third kappa shape index (κ3) is 2.43. The van der Waals surface area contributed by atoms with Gasteiger partial charge in [-0.2, -0.15) is 18.3 Å². The minimum atomic E-state index is -4.43. The van der Waals surface area contributed by atoms with Crippen LogP contribution in [-0.4, -0.2) is 25.9 Å². The van der Waals surface area contributed by atoms with Crippen molar-refractivity contribution in [2.45, 2.75) is 32.2 Å². The maximum Gasteiger partial charge on any atom is 0.449 e. The quantitative estimate of drug-likeness (QED) is 0.928. The van der Waals surface area contributed by atoms with E-state index in [1.165, 1.54) is 4.57 Å². The molecule has 0 radical (unpaired) electrons. The second-order valence-corrected chi connectivity index (χ2v) is 4.67. The van der Waals surface area contributed by atoms with Gasteiger partial charge in [-0.25, -0.2) is 4.98 Å². The predicted molar refractivity (Wildman–Crippen MR) is 64.9 cm³/mol. The summed E-state index contributed by atoms with van der Waals surface area (Å²) in [4.78, 5) is 3.77. The van der Waals surface area contributed by atoms with Gasteiger partial charge in [-0.05, 0) is 6.07 Å². The van der Waals surface area contributed by atoms with Gasteiger partial charge in [-0.1, -0.05) is 0 Å². The highest BCUT2D eigenvalue weighted by molar-refractivity contribution is 5.21. The van der Waals surface area contributed by atoms with E-state index in [2.05, 4.69) is 15.4 Å². The Balaban J connectivity index is 1.92.